The van der Waals surface area contributed by atoms with Crippen molar-refractivity contribution in [2.45, 2.75) is 24.9 Å². The monoisotopic (exact) mass is 396 g/mol. The fraction of sp³-hybridized carbons (Fsp3) is 0.263. The Balaban J connectivity index is 2.18. The van der Waals surface area contributed by atoms with Crippen LogP contribution in [0.15, 0.2) is 48.5 Å². The summed E-state index contributed by atoms with van der Waals surface area (Å²) in [5, 5.41) is 13.9. The number of aliphatic hydroxyl groups is 1. The average Bonchev–Trinajstić information content (AvgIpc) is 2.60. The number of benzene rings is 2. The van der Waals surface area contributed by atoms with Crippen LogP contribution in [-0.4, -0.2) is 28.8 Å². The van der Waals surface area contributed by atoms with E-state index in [1.165, 1.54) is 41.7 Å². The van der Waals surface area contributed by atoms with E-state index in [1.807, 2.05) is 0 Å². The summed E-state index contributed by atoms with van der Waals surface area (Å²) in [6, 6.07) is 7.35. The van der Waals surface area contributed by atoms with Gasteiger partial charge >= 0.3 is 12.2 Å². The Morgan fingerprint density at radius 3 is 2.29 bits per heavy atom. The van der Waals surface area contributed by atoms with Gasteiger partial charge in [0.05, 0.1) is 6.04 Å². The van der Waals surface area contributed by atoms with Crippen LogP contribution in [0.3, 0.4) is 0 Å². The third kappa shape index (κ3) is 3.33. The van der Waals surface area contributed by atoms with Gasteiger partial charge in [-0.1, -0.05) is 48.0 Å². The lowest BCUT2D eigenvalue weighted by Crippen LogP contribution is -2.72. The Labute approximate surface area is 157 Å². The molecule has 0 saturated carbocycles. The van der Waals surface area contributed by atoms with Gasteiger partial charge in [-0.15, -0.1) is 0 Å². The summed E-state index contributed by atoms with van der Waals surface area (Å²) in [4.78, 5) is 24.9. The van der Waals surface area contributed by atoms with E-state index < -0.39 is 41.5 Å². The van der Waals surface area contributed by atoms with E-state index in [4.69, 9.17) is 0 Å². The van der Waals surface area contributed by atoms with Crippen LogP contribution >= 0.6 is 0 Å². The highest BCUT2D eigenvalue weighted by Crippen LogP contribution is 2.44. The Bertz CT molecular complexity index is 914. The molecule has 3 N–H and O–H groups in total. The van der Waals surface area contributed by atoms with Gasteiger partial charge in [-0.3, -0.25) is 4.79 Å². The molecule has 5 nitrogen and oxygen atoms in total. The largest absolute Gasteiger partial charge is 0.437 e. The molecule has 9 heteroatoms. The molecule has 0 aliphatic carbocycles. The molecule has 28 heavy (non-hydrogen) atoms. The van der Waals surface area contributed by atoms with Gasteiger partial charge in [-0.2, -0.15) is 13.2 Å². The second kappa shape index (κ2) is 6.90. The number of ketones is 1. The Morgan fingerprint density at radius 2 is 1.71 bits per heavy atom. The van der Waals surface area contributed by atoms with Crippen LogP contribution in [0.1, 0.15) is 27.5 Å². The number of nitrogens with one attached hydrogen (secondary N) is 2. The third-order valence-corrected chi connectivity index (χ3v) is 4.67. The summed E-state index contributed by atoms with van der Waals surface area (Å²) in [5.41, 5.74) is -3.57. The van der Waals surface area contributed by atoms with Gasteiger partial charge < -0.3 is 15.7 Å². The molecule has 1 saturated heterocycles. The van der Waals surface area contributed by atoms with Crippen molar-refractivity contribution in [3.05, 3.63) is 71.0 Å². The van der Waals surface area contributed by atoms with Crippen molar-refractivity contribution in [3.63, 3.8) is 0 Å². The molecule has 0 unspecified atom stereocenters. The second-order valence-corrected chi connectivity index (χ2v) is 6.57. The predicted molar refractivity (Wildman–Crippen MR) is 90.8 cm³/mol. The van der Waals surface area contributed by atoms with Crippen molar-refractivity contribution < 1.29 is 32.3 Å². The topological polar surface area (TPSA) is 78.4 Å². The number of carbonyl (C=O) groups is 2. The van der Waals surface area contributed by atoms with Gasteiger partial charge in [0, 0.05) is 11.1 Å². The fourth-order valence-electron chi connectivity index (χ4n) is 3.22. The highest BCUT2D eigenvalue weighted by molar-refractivity contribution is 6.00. The normalized spacial score (nSPS) is 25.0. The first-order valence-electron chi connectivity index (χ1n) is 8.27. The number of rotatable bonds is 3. The van der Waals surface area contributed by atoms with Gasteiger partial charge in [0.25, 0.3) is 0 Å². The quantitative estimate of drug-likeness (QED) is 0.551. The third-order valence-electron chi connectivity index (χ3n) is 4.67. The number of amides is 2. The lowest BCUT2D eigenvalue weighted by molar-refractivity contribution is -0.287. The number of halogens is 4. The Hall–Kier alpha value is -2.94. The highest BCUT2D eigenvalue weighted by atomic mass is 19.4. The predicted octanol–water partition coefficient (Wildman–Crippen LogP) is 3.24. The van der Waals surface area contributed by atoms with Crippen LogP contribution in [0, 0.1) is 18.7 Å². The van der Waals surface area contributed by atoms with Gasteiger partial charge in [0.15, 0.2) is 5.78 Å². The molecule has 3 atom stereocenters. The van der Waals surface area contributed by atoms with E-state index >= 15 is 0 Å². The number of aryl methyl sites for hydroxylation is 1. The SMILES string of the molecule is Cc1ccc(C(=O)[C@@H]2[C@@H](c3ccccc3F)NC(=O)N[C@]2(O)C(F)(F)F)cc1. The molecule has 2 amide bonds. The van der Waals surface area contributed by atoms with Crippen LogP contribution in [0.4, 0.5) is 22.4 Å². The molecule has 0 radical (unpaired) electrons. The standard InChI is InChI=1S/C19H16F4N2O3/c1-10-6-8-11(9-7-10)16(26)14-15(12-4-2-3-5-13(12)20)24-17(27)25-18(14,28)19(21,22)23/h2-9,14-15,28H,1H3,(H2,24,25,27)/t14-,15+,18+/m0/s1. The van der Waals surface area contributed by atoms with Crippen LogP contribution < -0.4 is 10.6 Å². The van der Waals surface area contributed by atoms with Crippen molar-refractivity contribution in [3.8, 4) is 0 Å². The zero-order chi connectivity index (χ0) is 20.7. The van der Waals surface area contributed by atoms with E-state index in [2.05, 4.69) is 5.32 Å². The van der Waals surface area contributed by atoms with Crippen molar-refractivity contribution in [1.29, 1.82) is 0 Å². The molecule has 2 aromatic carbocycles. The lowest BCUT2D eigenvalue weighted by atomic mass is 9.77. The maximum Gasteiger partial charge on any atom is 0.437 e. The number of hydrogen-bond acceptors (Lipinski definition) is 3. The highest BCUT2D eigenvalue weighted by Gasteiger charge is 2.66. The molecule has 3 rings (SSSR count). The van der Waals surface area contributed by atoms with Crippen LogP contribution in [0.2, 0.25) is 0 Å². The number of alkyl halides is 3. The summed E-state index contributed by atoms with van der Waals surface area (Å²) in [5.74, 6) is -4.27. The number of Topliss-reactive ketones (excluding diaryl/α,β-unsaturated/α-hetero) is 1. The van der Waals surface area contributed by atoms with Crippen LogP contribution in [0.25, 0.3) is 0 Å². The smallest absolute Gasteiger partial charge is 0.363 e. The molecule has 148 valence electrons. The summed E-state index contributed by atoms with van der Waals surface area (Å²) in [6.07, 6.45) is -5.39. The van der Waals surface area contributed by atoms with E-state index in [9.17, 15) is 32.3 Å². The number of carbonyl (C=O) groups excluding carboxylic acids is 2. The molecule has 1 aliphatic heterocycles. The molecule has 2 aromatic rings. The van der Waals surface area contributed by atoms with Gasteiger partial charge in [-0.25, -0.2) is 9.18 Å². The minimum atomic E-state index is -5.39. The first-order valence-corrected chi connectivity index (χ1v) is 8.27. The zero-order valence-corrected chi connectivity index (χ0v) is 14.5. The fourth-order valence-corrected chi connectivity index (χ4v) is 3.22. The van der Waals surface area contributed by atoms with Crippen molar-refractivity contribution in [1.82, 2.24) is 10.6 Å². The summed E-state index contributed by atoms with van der Waals surface area (Å²) in [7, 11) is 0. The summed E-state index contributed by atoms with van der Waals surface area (Å²) in [6.45, 7) is 1.73. The summed E-state index contributed by atoms with van der Waals surface area (Å²) >= 11 is 0. The minimum absolute atomic E-state index is 0.113. The maximum absolute atomic E-state index is 14.3. The van der Waals surface area contributed by atoms with Crippen molar-refractivity contribution in [2.24, 2.45) is 5.92 Å². The van der Waals surface area contributed by atoms with Crippen LogP contribution in [0.5, 0.6) is 0 Å². The van der Waals surface area contributed by atoms with Gasteiger partial charge in [-0.05, 0) is 13.0 Å². The molecule has 1 fully saturated rings. The van der Waals surface area contributed by atoms with Crippen molar-refractivity contribution in [2.75, 3.05) is 0 Å². The van der Waals surface area contributed by atoms with Crippen LogP contribution in [-0.2, 0) is 0 Å². The lowest BCUT2D eigenvalue weighted by Gasteiger charge is -2.45. The summed E-state index contributed by atoms with van der Waals surface area (Å²) < 4.78 is 55.5. The molecule has 0 spiro atoms. The maximum atomic E-state index is 14.3. The molecule has 1 heterocycles. The zero-order valence-electron chi connectivity index (χ0n) is 14.5. The van der Waals surface area contributed by atoms with Gasteiger partial charge in [0.2, 0.25) is 5.72 Å². The number of urea groups is 1. The minimum Gasteiger partial charge on any atom is -0.363 e. The first-order chi connectivity index (χ1) is 13.0. The van der Waals surface area contributed by atoms with Gasteiger partial charge in [0.1, 0.15) is 11.7 Å². The van der Waals surface area contributed by atoms with E-state index in [1.54, 1.807) is 6.92 Å². The second-order valence-electron chi connectivity index (χ2n) is 6.57. The van der Waals surface area contributed by atoms with E-state index in [0.717, 1.165) is 17.7 Å². The Morgan fingerprint density at radius 1 is 1.11 bits per heavy atom. The van der Waals surface area contributed by atoms with E-state index in [0.29, 0.717) is 0 Å². The molecule has 1 aliphatic rings. The van der Waals surface area contributed by atoms with Crippen molar-refractivity contribution >= 4 is 11.8 Å². The molecule has 0 bridgehead atoms. The molecular weight excluding hydrogens is 380 g/mol. The molecule has 0 aromatic heterocycles. The Kier molecular flexibility index (Phi) is 4.88. The average molecular weight is 396 g/mol. The number of hydrogen-bond donors (Lipinski definition) is 3. The molecular formula is C19H16F4N2O3. The first kappa shape index (κ1) is 19.8. The van der Waals surface area contributed by atoms with E-state index in [-0.39, 0.29) is 11.1 Å².